The Balaban J connectivity index is 3.05. The maximum Gasteiger partial charge on any atom is 0.314 e. The van der Waals surface area contributed by atoms with Crippen LogP contribution in [-0.4, -0.2) is 37.0 Å². The topological polar surface area (TPSA) is 55.8 Å². The number of ether oxygens (including phenoxy) is 2. The van der Waals surface area contributed by atoms with Crippen LogP contribution in [-0.2, 0) is 14.3 Å². The third-order valence-corrected chi connectivity index (χ3v) is 3.73. The van der Waals surface area contributed by atoms with Crippen LogP contribution >= 0.6 is 0 Å². The third kappa shape index (κ3) is 1.76. The number of carbonyl (C=O) groups excluding carboxylic acids is 1. The Morgan fingerprint density at radius 2 is 2.20 bits per heavy atom. The molecular weight excluding hydrogens is 196 g/mol. The van der Waals surface area contributed by atoms with Gasteiger partial charge in [-0.3, -0.25) is 4.79 Å². The average Bonchev–Trinajstić information content (AvgIpc) is 2.63. The zero-order chi connectivity index (χ0) is 11.7. The van der Waals surface area contributed by atoms with E-state index < -0.39 is 11.0 Å². The Morgan fingerprint density at radius 1 is 1.60 bits per heavy atom. The smallest absolute Gasteiger partial charge is 0.314 e. The Morgan fingerprint density at radius 3 is 2.53 bits per heavy atom. The molecule has 1 aliphatic heterocycles. The maximum absolute atomic E-state index is 11.8. The summed E-state index contributed by atoms with van der Waals surface area (Å²) in [4.78, 5) is 11.8. The summed E-state index contributed by atoms with van der Waals surface area (Å²) in [6, 6.07) is 0. The fourth-order valence-electron chi connectivity index (χ4n) is 2.14. The monoisotopic (exact) mass is 216 g/mol. The molecule has 0 aromatic rings. The van der Waals surface area contributed by atoms with Crippen LogP contribution in [0.3, 0.4) is 0 Å². The van der Waals surface area contributed by atoms with Crippen LogP contribution in [0, 0.1) is 11.3 Å². The zero-order valence-electron chi connectivity index (χ0n) is 9.87. The van der Waals surface area contributed by atoms with E-state index in [1.165, 1.54) is 7.11 Å². The first-order valence-electron chi connectivity index (χ1n) is 5.27. The zero-order valence-corrected chi connectivity index (χ0v) is 9.87. The van der Waals surface area contributed by atoms with E-state index in [4.69, 9.17) is 9.47 Å². The summed E-state index contributed by atoms with van der Waals surface area (Å²) in [7, 11) is 1.35. The molecule has 0 aromatic carbocycles. The molecule has 2 atom stereocenters. The average molecular weight is 216 g/mol. The minimum Gasteiger partial charge on any atom is -0.469 e. The molecule has 1 heterocycles. The molecule has 0 radical (unpaired) electrons. The number of esters is 1. The van der Waals surface area contributed by atoms with Gasteiger partial charge in [0.25, 0.3) is 0 Å². The van der Waals surface area contributed by atoms with E-state index in [1.54, 1.807) is 6.92 Å². The first-order chi connectivity index (χ1) is 6.88. The lowest BCUT2D eigenvalue weighted by Crippen LogP contribution is -2.55. The summed E-state index contributed by atoms with van der Waals surface area (Å²) in [6.45, 7) is 6.27. The molecule has 1 saturated heterocycles. The Bertz CT molecular complexity index is 243. The van der Waals surface area contributed by atoms with Gasteiger partial charge in [-0.2, -0.15) is 0 Å². The van der Waals surface area contributed by atoms with Gasteiger partial charge >= 0.3 is 5.97 Å². The van der Waals surface area contributed by atoms with Crippen molar-refractivity contribution in [2.24, 2.45) is 11.3 Å². The normalized spacial score (nSPS) is 30.3. The van der Waals surface area contributed by atoms with Gasteiger partial charge in [-0.1, -0.05) is 13.8 Å². The predicted octanol–water partition coefficient (Wildman–Crippen LogP) is 0.973. The van der Waals surface area contributed by atoms with Gasteiger partial charge in [0.15, 0.2) is 0 Å². The number of hydrogen-bond acceptors (Lipinski definition) is 4. The van der Waals surface area contributed by atoms with E-state index in [2.05, 4.69) is 0 Å². The largest absolute Gasteiger partial charge is 0.469 e. The molecular formula is C11H20O4. The molecule has 0 saturated carbocycles. The van der Waals surface area contributed by atoms with Crippen molar-refractivity contribution in [2.75, 3.05) is 20.3 Å². The fourth-order valence-corrected chi connectivity index (χ4v) is 2.14. The van der Waals surface area contributed by atoms with Gasteiger partial charge in [0.1, 0.15) is 5.60 Å². The molecule has 2 unspecified atom stereocenters. The van der Waals surface area contributed by atoms with Crippen molar-refractivity contribution in [1.82, 2.24) is 0 Å². The van der Waals surface area contributed by atoms with Crippen molar-refractivity contribution in [3.63, 3.8) is 0 Å². The highest BCUT2D eigenvalue weighted by Crippen LogP contribution is 2.44. The molecule has 1 N–H and O–H groups in total. The van der Waals surface area contributed by atoms with Gasteiger partial charge in [0.05, 0.1) is 19.1 Å². The van der Waals surface area contributed by atoms with Crippen molar-refractivity contribution in [1.29, 1.82) is 0 Å². The Labute approximate surface area is 90.6 Å². The van der Waals surface area contributed by atoms with E-state index >= 15 is 0 Å². The van der Waals surface area contributed by atoms with Crippen molar-refractivity contribution in [2.45, 2.75) is 32.8 Å². The lowest BCUT2D eigenvalue weighted by Gasteiger charge is -2.42. The summed E-state index contributed by atoms with van der Waals surface area (Å²) >= 11 is 0. The summed E-state index contributed by atoms with van der Waals surface area (Å²) in [5.41, 5.74) is -2.01. The first kappa shape index (κ1) is 12.5. The summed E-state index contributed by atoms with van der Waals surface area (Å²) in [6.07, 6.45) is 0.483. The van der Waals surface area contributed by atoms with E-state index in [1.807, 2.05) is 13.8 Å². The number of carbonyl (C=O) groups is 1. The minimum absolute atomic E-state index is 0.00310. The predicted molar refractivity (Wildman–Crippen MR) is 55.3 cm³/mol. The van der Waals surface area contributed by atoms with Crippen molar-refractivity contribution < 1.29 is 19.4 Å². The van der Waals surface area contributed by atoms with Gasteiger partial charge in [-0.25, -0.2) is 0 Å². The van der Waals surface area contributed by atoms with Gasteiger partial charge in [0, 0.05) is 13.0 Å². The van der Waals surface area contributed by atoms with Gasteiger partial charge in [-0.05, 0) is 12.8 Å². The quantitative estimate of drug-likeness (QED) is 0.714. The molecule has 1 rings (SSSR count). The molecule has 0 bridgehead atoms. The van der Waals surface area contributed by atoms with Crippen molar-refractivity contribution in [3.05, 3.63) is 0 Å². The lowest BCUT2D eigenvalue weighted by atomic mass is 9.65. The number of aliphatic hydroxyl groups is 1. The van der Waals surface area contributed by atoms with E-state index in [0.717, 1.165) is 0 Å². The van der Waals surface area contributed by atoms with Gasteiger partial charge in [0.2, 0.25) is 0 Å². The highest BCUT2D eigenvalue weighted by Gasteiger charge is 2.56. The summed E-state index contributed by atoms with van der Waals surface area (Å²) in [5.74, 6) is -0.373. The van der Waals surface area contributed by atoms with Crippen LogP contribution in [0.2, 0.25) is 0 Å². The molecule has 88 valence electrons. The second-order valence-electron chi connectivity index (χ2n) is 4.68. The molecule has 0 amide bonds. The highest BCUT2D eigenvalue weighted by molar-refractivity contribution is 5.78. The number of rotatable bonds is 3. The van der Waals surface area contributed by atoms with Crippen LogP contribution in [0.15, 0.2) is 0 Å². The van der Waals surface area contributed by atoms with Crippen LogP contribution in [0.5, 0.6) is 0 Å². The van der Waals surface area contributed by atoms with E-state index in [9.17, 15) is 9.90 Å². The number of hydrogen-bond donors (Lipinski definition) is 1. The van der Waals surface area contributed by atoms with Crippen LogP contribution in [0.4, 0.5) is 0 Å². The summed E-state index contributed by atoms with van der Waals surface area (Å²) < 4.78 is 9.99. The molecule has 1 fully saturated rings. The second-order valence-corrected chi connectivity index (χ2v) is 4.68. The first-order valence-corrected chi connectivity index (χ1v) is 5.27. The lowest BCUT2D eigenvalue weighted by molar-refractivity contribution is -0.177. The molecule has 4 heteroatoms. The molecule has 4 nitrogen and oxygen atoms in total. The Hall–Kier alpha value is -0.610. The minimum atomic E-state index is -1.10. The van der Waals surface area contributed by atoms with Crippen LogP contribution in [0.1, 0.15) is 27.2 Å². The maximum atomic E-state index is 11.8. The van der Waals surface area contributed by atoms with Crippen LogP contribution < -0.4 is 0 Å². The third-order valence-electron chi connectivity index (χ3n) is 3.73. The number of methoxy groups -OCH3 is 1. The second kappa shape index (κ2) is 4.10. The Kier molecular flexibility index (Phi) is 3.41. The highest BCUT2D eigenvalue weighted by atomic mass is 16.5. The van der Waals surface area contributed by atoms with E-state index in [0.29, 0.717) is 13.0 Å². The SMILES string of the molecule is COC(=O)C(C)(C(C)C)C1(O)CCOC1. The van der Waals surface area contributed by atoms with Crippen LogP contribution in [0.25, 0.3) is 0 Å². The van der Waals surface area contributed by atoms with Crippen molar-refractivity contribution in [3.8, 4) is 0 Å². The molecule has 1 aliphatic rings. The van der Waals surface area contributed by atoms with Gasteiger partial charge < -0.3 is 14.6 Å². The van der Waals surface area contributed by atoms with Gasteiger partial charge in [-0.15, -0.1) is 0 Å². The molecule has 15 heavy (non-hydrogen) atoms. The standard InChI is InChI=1S/C11H20O4/c1-8(2)10(3,9(12)14-4)11(13)5-6-15-7-11/h8,13H,5-7H2,1-4H3. The van der Waals surface area contributed by atoms with E-state index in [-0.39, 0.29) is 18.5 Å². The molecule has 0 spiro atoms. The van der Waals surface area contributed by atoms with Crippen molar-refractivity contribution >= 4 is 5.97 Å². The molecule has 0 aromatic heterocycles. The summed E-state index contributed by atoms with van der Waals surface area (Å²) in [5, 5.41) is 10.5. The molecule has 0 aliphatic carbocycles. The fraction of sp³-hybridized carbons (Fsp3) is 0.909.